The zero-order chi connectivity index (χ0) is 44.4. The van der Waals surface area contributed by atoms with E-state index < -0.39 is 87.6 Å². The number of aryl methyl sites for hydroxylation is 2. The molecular formula is C31H40N2O2. The van der Waals surface area contributed by atoms with E-state index in [-0.39, 0.29) is 5.56 Å². The van der Waals surface area contributed by atoms with Crippen molar-refractivity contribution in [3.05, 3.63) is 82.2 Å². The molecule has 2 aliphatic carbocycles. The van der Waals surface area contributed by atoms with Crippen molar-refractivity contribution in [3.63, 3.8) is 0 Å². The minimum absolute atomic E-state index is 0.0205. The molecule has 4 heteroatoms. The topological polar surface area (TPSA) is 65.4 Å². The second kappa shape index (κ2) is 15.1. The Labute approximate surface area is 241 Å². The van der Waals surface area contributed by atoms with Crippen molar-refractivity contribution >= 4 is 5.78 Å². The van der Waals surface area contributed by atoms with Crippen LogP contribution in [0.4, 0.5) is 0 Å². The minimum atomic E-state index is -3.68. The van der Waals surface area contributed by atoms with Gasteiger partial charge in [-0.3, -0.25) is 4.79 Å². The summed E-state index contributed by atoms with van der Waals surface area (Å²) < 4.78 is 161. The number of ketones is 1. The van der Waals surface area contributed by atoms with Crippen molar-refractivity contribution < 1.29 is 38.7 Å². The number of Topliss-reactive ketones (excluding diaryl/α,β-unsaturated/α-hetero) is 1. The summed E-state index contributed by atoms with van der Waals surface area (Å²) >= 11 is 0. The van der Waals surface area contributed by atoms with E-state index in [9.17, 15) is 9.90 Å². The molecule has 2 saturated carbocycles. The van der Waals surface area contributed by atoms with E-state index in [1.807, 2.05) is 31.2 Å². The van der Waals surface area contributed by atoms with Gasteiger partial charge in [-0.2, -0.15) is 5.26 Å². The molecule has 0 saturated heterocycles. The summed E-state index contributed by atoms with van der Waals surface area (Å²) in [5.74, 6) is -1.92. The lowest BCUT2D eigenvalue weighted by Crippen LogP contribution is -2.32. The van der Waals surface area contributed by atoms with Gasteiger partial charge in [-0.15, -0.1) is 0 Å². The Morgan fingerprint density at radius 2 is 1.51 bits per heavy atom. The van der Waals surface area contributed by atoms with Crippen molar-refractivity contribution in [3.8, 4) is 6.07 Å². The average molecular weight is 494 g/mol. The number of nitriles is 1. The molecule has 2 fully saturated rings. The van der Waals surface area contributed by atoms with Gasteiger partial charge < -0.3 is 9.95 Å². The Morgan fingerprint density at radius 1 is 1.00 bits per heavy atom. The predicted molar refractivity (Wildman–Crippen MR) is 142 cm³/mol. The highest BCUT2D eigenvalue weighted by Crippen LogP contribution is 2.37. The van der Waals surface area contributed by atoms with Gasteiger partial charge in [-0.1, -0.05) is 85.1 Å². The highest BCUT2D eigenvalue weighted by molar-refractivity contribution is 5.78. The molecule has 0 bridgehead atoms. The third-order valence-electron chi connectivity index (χ3n) is 4.49. The second-order valence-corrected chi connectivity index (χ2v) is 7.36. The molecule has 2 aromatic carbocycles. The molecular weight excluding hydrogens is 432 g/mol. The van der Waals surface area contributed by atoms with E-state index in [4.69, 9.17) is 40.6 Å². The molecule has 0 amide bonds. The van der Waals surface area contributed by atoms with Gasteiger partial charge in [0.1, 0.15) is 7.15 Å². The number of nitrogens with zero attached hydrogens (tertiary/aromatic N) is 2. The zero-order valence-corrected chi connectivity index (χ0v) is 19.3. The number of aliphatic hydroxyl groups is 1. The average Bonchev–Trinajstić information content (AvgIpc) is 3.08. The van der Waals surface area contributed by atoms with Gasteiger partial charge in [0.15, 0.2) is 0 Å². The number of rotatable bonds is 4. The number of benzene rings is 2. The minimum Gasteiger partial charge on any atom is -0.390 e. The van der Waals surface area contributed by atoms with Crippen molar-refractivity contribution in [1.82, 2.24) is 0 Å². The van der Waals surface area contributed by atoms with Gasteiger partial charge in [0.05, 0.1) is 24.5 Å². The lowest BCUT2D eigenvalue weighted by molar-refractivity contribution is -0.120. The van der Waals surface area contributed by atoms with Crippen molar-refractivity contribution in [1.29, 1.82) is 5.26 Å². The molecule has 1 unspecified atom stereocenters. The van der Waals surface area contributed by atoms with Gasteiger partial charge in [-0.05, 0) is 44.9 Å². The molecule has 0 spiro atoms. The Kier molecular flexibility index (Phi) is 4.57. The summed E-state index contributed by atoms with van der Waals surface area (Å²) in [6, 6.07) is 13.5. The van der Waals surface area contributed by atoms with Gasteiger partial charge in [0, 0.05) is 45.7 Å². The first-order valence-electron chi connectivity index (χ1n) is 20.9. The van der Waals surface area contributed by atoms with Crippen molar-refractivity contribution in [2.24, 2.45) is 0 Å². The molecule has 0 heterocycles. The summed E-state index contributed by atoms with van der Waals surface area (Å²) in [5.41, 5.74) is -0.456. The fourth-order valence-electron chi connectivity index (χ4n) is 2.65. The highest BCUT2D eigenvalue weighted by atomic mass is 16.3. The van der Waals surface area contributed by atoms with E-state index in [0.717, 1.165) is 11.1 Å². The van der Waals surface area contributed by atoms with Gasteiger partial charge in [0.2, 0.25) is 0 Å². The zero-order valence-electron chi connectivity index (χ0n) is 40.3. The van der Waals surface area contributed by atoms with E-state index in [0.29, 0.717) is 6.42 Å². The fraction of sp³-hybridized carbons (Fsp3) is 0.516. The summed E-state index contributed by atoms with van der Waals surface area (Å²) in [4.78, 5) is 14.6. The first-order valence-corrected chi connectivity index (χ1v) is 10.4. The van der Waals surface area contributed by atoms with Crippen LogP contribution in [0, 0.1) is 31.8 Å². The summed E-state index contributed by atoms with van der Waals surface area (Å²) in [6.07, 6.45) is -36.5. The molecule has 2 aromatic rings. The van der Waals surface area contributed by atoms with Crippen LogP contribution < -0.4 is 0 Å². The van der Waals surface area contributed by atoms with Crippen LogP contribution in [0.1, 0.15) is 127 Å². The molecule has 186 valence electrons. The maximum absolute atomic E-state index is 11.5. The molecule has 4 rings (SSSR count). The largest absolute Gasteiger partial charge is 0.390 e. The number of carbonyl (C=O) groups excluding carboxylic acids is 1. The molecule has 0 radical (unpaired) electrons. The van der Waals surface area contributed by atoms with Gasteiger partial charge in [-0.25, -0.2) is 6.57 Å². The SMILES string of the molecule is Cc1ccc(CC#N)cc1.[2H]C(CC1(O)C([2H])([2H])C([2H])([2H])C([2H])([2H])C([2H])([2H])C1([2H])[2H])([N+]#[C-])c1ccc(C)cc1.[2H]C1([2H])C(=O)C([2H])([2H])C([2H])([2H])C([2H])([2H])C1([2H])[2H]. The molecule has 0 aromatic heterocycles. The molecule has 1 atom stereocenters. The van der Waals surface area contributed by atoms with Crippen molar-refractivity contribution in [2.45, 2.75) is 102 Å². The summed E-state index contributed by atoms with van der Waals surface area (Å²) in [5, 5.41) is 19.5. The number of hydrogen-bond donors (Lipinski definition) is 1. The van der Waals surface area contributed by atoms with Crippen LogP contribution >= 0.6 is 0 Å². The smallest absolute Gasteiger partial charge is 0.251 e. The van der Waals surface area contributed by atoms with Crippen LogP contribution in [0.5, 0.6) is 0 Å². The van der Waals surface area contributed by atoms with E-state index >= 15 is 0 Å². The molecule has 35 heavy (non-hydrogen) atoms. The number of carbonyl (C=O) groups is 1. The Hall–Kier alpha value is -2.95. The van der Waals surface area contributed by atoms with E-state index in [1.165, 1.54) is 17.7 Å². The predicted octanol–water partition coefficient (Wildman–Crippen LogP) is 7.62. The molecule has 1 N–H and O–H groups in total. The maximum Gasteiger partial charge on any atom is 0.251 e. The first-order chi connectivity index (χ1) is 24.7. The highest BCUT2D eigenvalue weighted by Gasteiger charge is 2.35. The van der Waals surface area contributed by atoms with Crippen molar-refractivity contribution in [2.75, 3.05) is 0 Å². The van der Waals surface area contributed by atoms with Crippen LogP contribution in [-0.4, -0.2) is 16.5 Å². The Bertz CT molecular complexity index is 1800. The Morgan fingerprint density at radius 3 is 2.03 bits per heavy atom. The quantitative estimate of drug-likeness (QED) is 0.445. The van der Waals surface area contributed by atoms with Gasteiger partial charge in [0.25, 0.3) is 6.02 Å². The fourth-order valence-corrected chi connectivity index (χ4v) is 2.65. The summed E-state index contributed by atoms with van der Waals surface area (Å²) in [7, 11) is 0. The normalized spacial score (nSPS) is 41.5. The lowest BCUT2D eigenvalue weighted by atomic mass is 9.79. The molecule has 4 nitrogen and oxygen atoms in total. The van der Waals surface area contributed by atoms with E-state index in [1.54, 1.807) is 19.1 Å². The molecule has 0 aliphatic heterocycles. The van der Waals surface area contributed by atoms with Crippen LogP contribution in [0.3, 0.4) is 0 Å². The van der Waals surface area contributed by atoms with Gasteiger partial charge >= 0.3 is 0 Å². The Balaban J connectivity index is 0.000000335. The standard InChI is InChI=1S/C16H21NO.C9H9N.C6H10O/c1-13-6-8-14(9-7-13)15(17-2)12-16(18)10-4-3-5-11-16;1-8-2-4-9(5-3-8)6-7-10;7-6-4-2-1-3-5-6/h6-9,15,18H,3-5,10-12H2,1H3;2-5H,6H2,1H3;1-5H2/i3D2,4D2,5D2,10D2,11D2,15D;;1D2,2D2,3D2,4D2,5D2. The van der Waals surface area contributed by atoms with Crippen LogP contribution in [0.2, 0.25) is 0 Å². The van der Waals surface area contributed by atoms with E-state index in [2.05, 4.69) is 10.9 Å². The first kappa shape index (κ1) is 10.6. The van der Waals surface area contributed by atoms with Crippen LogP contribution in [-0.2, 0) is 11.2 Å². The summed E-state index contributed by atoms with van der Waals surface area (Å²) in [6.45, 7) is 11.2. The second-order valence-electron chi connectivity index (χ2n) is 7.36. The molecule has 2 aliphatic rings. The van der Waals surface area contributed by atoms with Crippen LogP contribution in [0.25, 0.3) is 4.85 Å². The lowest BCUT2D eigenvalue weighted by Gasteiger charge is -2.32. The maximum atomic E-state index is 11.5. The number of hydrogen-bond acceptors (Lipinski definition) is 3. The third kappa shape index (κ3) is 10.9. The monoisotopic (exact) mass is 493 g/mol. The van der Waals surface area contributed by atoms with Crippen LogP contribution in [0.15, 0.2) is 48.5 Å². The third-order valence-corrected chi connectivity index (χ3v) is 4.49.